The van der Waals surface area contributed by atoms with Crippen LogP contribution in [0.25, 0.3) is 0 Å². The molecule has 8 heteroatoms. The van der Waals surface area contributed by atoms with Crippen LogP contribution in [0.2, 0.25) is 0 Å². The topological polar surface area (TPSA) is 126 Å². The number of hydrogen-bond acceptors (Lipinski definition) is 8. The molecule has 4 N–H and O–H groups in total. The fourth-order valence-electron chi connectivity index (χ4n) is 5.68. The number of cyclic esters (lactones) is 1. The molecule has 158 valence electrons. The van der Waals surface area contributed by atoms with Gasteiger partial charge in [-0.3, -0.25) is 0 Å². The van der Waals surface area contributed by atoms with Crippen molar-refractivity contribution in [3.8, 4) is 0 Å². The first-order chi connectivity index (χ1) is 13.3. The summed E-state index contributed by atoms with van der Waals surface area (Å²) < 4.78 is 16.6. The van der Waals surface area contributed by atoms with Crippen molar-refractivity contribution in [3.05, 3.63) is 11.6 Å². The molecule has 9 atom stereocenters. The summed E-state index contributed by atoms with van der Waals surface area (Å²) in [5, 5.41) is 39.4. The van der Waals surface area contributed by atoms with E-state index in [9.17, 15) is 25.2 Å². The predicted octanol–water partition coefficient (Wildman–Crippen LogP) is -0.129. The van der Waals surface area contributed by atoms with Gasteiger partial charge >= 0.3 is 5.97 Å². The zero-order valence-corrected chi connectivity index (χ0v) is 16.1. The number of hydrogen-bond donors (Lipinski definition) is 4. The van der Waals surface area contributed by atoms with Crippen molar-refractivity contribution in [2.75, 3.05) is 13.2 Å². The van der Waals surface area contributed by atoms with E-state index in [0.717, 1.165) is 37.7 Å². The predicted molar refractivity (Wildman–Crippen MR) is 95.9 cm³/mol. The van der Waals surface area contributed by atoms with Crippen LogP contribution in [0.15, 0.2) is 11.6 Å². The number of carbonyl (C=O) groups is 1. The standard InChI is InChI=1S/C20H30O8/c1-20-5-4-12(27-19-18(25)17(24)16(23)14(8-21)28-19)7-11(20)2-3-13(20)10-6-15(22)26-9-10/h6,11-14,16-19,21,23-25H,2-5,7-9H2,1H3/t11?,12?,13?,14-,16-,17+,18-,19-,20?/m1/s1. The van der Waals surface area contributed by atoms with Crippen LogP contribution in [0.1, 0.15) is 39.0 Å². The zero-order chi connectivity index (χ0) is 20.1. The van der Waals surface area contributed by atoms with Gasteiger partial charge in [0.15, 0.2) is 6.29 Å². The molecule has 2 heterocycles. The van der Waals surface area contributed by atoms with Crippen molar-refractivity contribution >= 4 is 5.97 Å². The lowest BCUT2D eigenvalue weighted by Crippen LogP contribution is -2.60. The molecule has 0 aromatic rings. The van der Waals surface area contributed by atoms with Gasteiger partial charge in [0.2, 0.25) is 0 Å². The van der Waals surface area contributed by atoms with Crippen LogP contribution in [0.3, 0.4) is 0 Å². The molecular weight excluding hydrogens is 368 g/mol. The summed E-state index contributed by atoms with van der Waals surface area (Å²) >= 11 is 0. The highest BCUT2D eigenvalue weighted by Crippen LogP contribution is 2.58. The number of fused-ring (bicyclic) bond motifs is 1. The van der Waals surface area contributed by atoms with Crippen molar-refractivity contribution in [2.45, 2.75) is 75.8 Å². The van der Waals surface area contributed by atoms with E-state index < -0.39 is 37.3 Å². The molecule has 3 fully saturated rings. The minimum atomic E-state index is -1.42. The molecule has 8 nitrogen and oxygen atoms in total. The first-order valence-corrected chi connectivity index (χ1v) is 10.2. The molecule has 28 heavy (non-hydrogen) atoms. The highest BCUT2D eigenvalue weighted by atomic mass is 16.7. The second-order valence-corrected chi connectivity index (χ2v) is 8.89. The van der Waals surface area contributed by atoms with Crippen LogP contribution >= 0.6 is 0 Å². The van der Waals surface area contributed by atoms with Crippen LogP contribution in [0.4, 0.5) is 0 Å². The summed E-state index contributed by atoms with van der Waals surface area (Å²) in [6, 6.07) is 0. The molecule has 1 saturated heterocycles. The van der Waals surface area contributed by atoms with Crippen LogP contribution in [0, 0.1) is 17.3 Å². The van der Waals surface area contributed by atoms with Gasteiger partial charge in [0, 0.05) is 6.08 Å². The molecule has 2 aliphatic heterocycles. The molecule has 0 amide bonds. The number of aliphatic hydroxyl groups is 4. The Balaban J connectivity index is 1.40. The Labute approximate surface area is 164 Å². The van der Waals surface area contributed by atoms with Crippen LogP contribution in [0.5, 0.6) is 0 Å². The Hall–Kier alpha value is -1.03. The first kappa shape index (κ1) is 20.3. The van der Waals surface area contributed by atoms with Gasteiger partial charge in [-0.1, -0.05) is 6.92 Å². The van der Waals surface area contributed by atoms with E-state index in [1.54, 1.807) is 6.08 Å². The number of aliphatic hydroxyl groups excluding tert-OH is 4. The van der Waals surface area contributed by atoms with Gasteiger partial charge < -0.3 is 34.6 Å². The third kappa shape index (κ3) is 3.40. The van der Waals surface area contributed by atoms with Gasteiger partial charge in [-0.05, 0) is 54.9 Å². The van der Waals surface area contributed by atoms with Gasteiger partial charge in [0.05, 0.1) is 12.7 Å². The van der Waals surface area contributed by atoms with Crippen molar-refractivity contribution < 1.29 is 39.4 Å². The van der Waals surface area contributed by atoms with Crippen molar-refractivity contribution in [1.82, 2.24) is 0 Å². The number of ether oxygens (including phenoxy) is 3. The molecule has 0 aromatic carbocycles. The maximum absolute atomic E-state index is 11.5. The summed E-state index contributed by atoms with van der Waals surface area (Å²) in [5.74, 6) is 0.525. The van der Waals surface area contributed by atoms with Crippen molar-refractivity contribution in [1.29, 1.82) is 0 Å². The second kappa shape index (κ2) is 7.66. The minimum Gasteiger partial charge on any atom is -0.458 e. The monoisotopic (exact) mass is 398 g/mol. The van der Waals surface area contributed by atoms with Crippen molar-refractivity contribution in [2.24, 2.45) is 17.3 Å². The van der Waals surface area contributed by atoms with E-state index in [2.05, 4.69) is 6.92 Å². The molecule has 0 spiro atoms. The van der Waals surface area contributed by atoms with Gasteiger partial charge in [0.1, 0.15) is 31.0 Å². The average molecular weight is 398 g/mol. The summed E-state index contributed by atoms with van der Waals surface area (Å²) in [7, 11) is 0. The number of esters is 1. The number of carbonyl (C=O) groups excluding carboxylic acids is 1. The Morgan fingerprint density at radius 1 is 1.18 bits per heavy atom. The molecular formula is C20H30O8. The van der Waals surface area contributed by atoms with Crippen molar-refractivity contribution in [3.63, 3.8) is 0 Å². The van der Waals surface area contributed by atoms with Crippen LogP contribution in [-0.2, 0) is 19.0 Å². The highest BCUT2D eigenvalue weighted by Gasteiger charge is 2.52. The Morgan fingerprint density at radius 2 is 1.96 bits per heavy atom. The Morgan fingerprint density at radius 3 is 2.64 bits per heavy atom. The first-order valence-electron chi connectivity index (χ1n) is 10.2. The fraction of sp³-hybridized carbons (Fsp3) is 0.850. The van der Waals surface area contributed by atoms with Gasteiger partial charge in [-0.15, -0.1) is 0 Å². The molecule has 0 aromatic heterocycles. The van der Waals surface area contributed by atoms with Crippen LogP contribution < -0.4 is 0 Å². The number of rotatable bonds is 4. The molecule has 2 saturated carbocycles. The van der Waals surface area contributed by atoms with E-state index in [1.165, 1.54) is 0 Å². The van der Waals surface area contributed by atoms with E-state index in [-0.39, 0.29) is 17.5 Å². The van der Waals surface area contributed by atoms with Gasteiger partial charge in [-0.25, -0.2) is 4.79 Å². The largest absolute Gasteiger partial charge is 0.458 e. The summed E-state index contributed by atoms with van der Waals surface area (Å²) in [4.78, 5) is 11.5. The third-order valence-corrected chi connectivity index (χ3v) is 7.39. The van der Waals surface area contributed by atoms with E-state index in [0.29, 0.717) is 18.4 Å². The fourth-order valence-corrected chi connectivity index (χ4v) is 5.68. The second-order valence-electron chi connectivity index (χ2n) is 8.89. The third-order valence-electron chi connectivity index (χ3n) is 7.39. The maximum atomic E-state index is 11.5. The zero-order valence-electron chi connectivity index (χ0n) is 16.1. The smallest absolute Gasteiger partial charge is 0.331 e. The molecule has 0 bridgehead atoms. The molecule has 4 rings (SSSR count). The normalized spacial score (nSPS) is 48.9. The molecule has 4 aliphatic rings. The van der Waals surface area contributed by atoms with Gasteiger partial charge in [0.25, 0.3) is 0 Å². The van der Waals surface area contributed by atoms with E-state index in [4.69, 9.17) is 14.2 Å². The lowest BCUT2D eigenvalue weighted by Gasteiger charge is -2.46. The van der Waals surface area contributed by atoms with E-state index in [1.807, 2.05) is 0 Å². The molecule has 4 unspecified atom stereocenters. The summed E-state index contributed by atoms with van der Waals surface area (Å²) in [5.41, 5.74) is 1.19. The van der Waals surface area contributed by atoms with Gasteiger partial charge in [-0.2, -0.15) is 0 Å². The minimum absolute atomic E-state index is 0.0923. The molecule has 2 aliphatic carbocycles. The molecule has 0 radical (unpaired) electrons. The summed E-state index contributed by atoms with van der Waals surface area (Å²) in [6.07, 6.45) is -0.108. The average Bonchev–Trinajstić information content (AvgIpc) is 3.24. The van der Waals surface area contributed by atoms with E-state index >= 15 is 0 Å². The lowest BCUT2D eigenvalue weighted by atomic mass is 9.63. The summed E-state index contributed by atoms with van der Waals surface area (Å²) in [6.45, 7) is 2.22. The Bertz CT molecular complexity index is 634. The highest BCUT2D eigenvalue weighted by molar-refractivity contribution is 5.85. The van der Waals surface area contributed by atoms with Crippen LogP contribution in [-0.4, -0.2) is 76.4 Å². The lowest BCUT2D eigenvalue weighted by molar-refractivity contribution is -0.315. The Kier molecular flexibility index (Phi) is 5.54. The maximum Gasteiger partial charge on any atom is 0.331 e. The SMILES string of the molecule is CC12CCC(O[C@@H]3O[C@H](CO)[C@@H](O)[C@H](O)[C@H]3O)CC1CCC2C1=CC(=O)OC1. The quantitative estimate of drug-likeness (QED) is 0.483.